The average Bonchev–Trinajstić information content (AvgIpc) is 2.45. The van der Waals surface area contributed by atoms with E-state index in [9.17, 15) is 8.78 Å². The van der Waals surface area contributed by atoms with Crippen LogP contribution in [-0.4, -0.2) is 7.05 Å². The van der Waals surface area contributed by atoms with Gasteiger partial charge in [-0.25, -0.2) is 8.78 Å². The van der Waals surface area contributed by atoms with Crippen molar-refractivity contribution in [1.82, 2.24) is 5.32 Å². The Morgan fingerprint density at radius 2 is 1.52 bits per heavy atom. The smallest absolute Gasteiger partial charge is 0.159 e. The van der Waals surface area contributed by atoms with Crippen LogP contribution in [0.3, 0.4) is 0 Å². The second-order valence-corrected chi connectivity index (χ2v) is 5.73. The van der Waals surface area contributed by atoms with Crippen LogP contribution in [0.5, 0.6) is 0 Å². The van der Waals surface area contributed by atoms with Gasteiger partial charge in [-0.05, 0) is 48.2 Å². The molecule has 3 heteroatoms. The van der Waals surface area contributed by atoms with E-state index in [1.54, 1.807) is 6.07 Å². The van der Waals surface area contributed by atoms with Gasteiger partial charge in [-0.1, -0.05) is 44.2 Å². The van der Waals surface area contributed by atoms with E-state index in [-0.39, 0.29) is 6.04 Å². The summed E-state index contributed by atoms with van der Waals surface area (Å²) in [7, 11) is 1.81. The number of benzene rings is 2. The van der Waals surface area contributed by atoms with Gasteiger partial charge in [-0.15, -0.1) is 0 Å². The first-order chi connectivity index (χ1) is 10.0. The fourth-order valence-electron chi connectivity index (χ4n) is 2.54. The Morgan fingerprint density at radius 3 is 2.05 bits per heavy atom. The van der Waals surface area contributed by atoms with Gasteiger partial charge in [-0.3, -0.25) is 0 Å². The number of hydrogen-bond acceptors (Lipinski definition) is 1. The first-order valence-corrected chi connectivity index (χ1v) is 7.22. The molecule has 0 aliphatic carbocycles. The number of nitrogens with one attached hydrogen (secondary N) is 1. The molecule has 21 heavy (non-hydrogen) atoms. The summed E-state index contributed by atoms with van der Waals surface area (Å²) in [5, 5.41) is 3.15. The maximum Gasteiger partial charge on any atom is 0.159 e. The lowest BCUT2D eigenvalue weighted by Gasteiger charge is -2.18. The van der Waals surface area contributed by atoms with Crippen LogP contribution < -0.4 is 5.32 Å². The topological polar surface area (TPSA) is 12.0 Å². The van der Waals surface area contributed by atoms with Gasteiger partial charge in [0.2, 0.25) is 0 Å². The third-order valence-corrected chi connectivity index (χ3v) is 3.52. The van der Waals surface area contributed by atoms with E-state index in [2.05, 4.69) is 31.3 Å². The molecule has 2 rings (SSSR count). The molecule has 0 amide bonds. The summed E-state index contributed by atoms with van der Waals surface area (Å²) >= 11 is 0. The second-order valence-electron chi connectivity index (χ2n) is 5.73. The molecular formula is C18H21F2N. The number of hydrogen-bond donors (Lipinski definition) is 1. The largest absolute Gasteiger partial charge is 0.309 e. The molecule has 0 saturated heterocycles. The lowest BCUT2D eigenvalue weighted by molar-refractivity contribution is 0.505. The van der Waals surface area contributed by atoms with Crippen molar-refractivity contribution in [1.29, 1.82) is 0 Å². The minimum Gasteiger partial charge on any atom is -0.309 e. The van der Waals surface area contributed by atoms with Gasteiger partial charge >= 0.3 is 0 Å². The first kappa shape index (κ1) is 15.6. The van der Waals surface area contributed by atoms with Crippen molar-refractivity contribution in [2.45, 2.75) is 26.3 Å². The molecule has 0 aliphatic heterocycles. The highest BCUT2D eigenvalue weighted by molar-refractivity contribution is 5.34. The SMILES string of the molecule is CNC(c1ccc(CC(C)C)cc1)c1ccc(F)c(F)c1. The van der Waals surface area contributed by atoms with E-state index in [0.29, 0.717) is 11.5 Å². The van der Waals surface area contributed by atoms with Gasteiger partial charge in [0.05, 0.1) is 6.04 Å². The molecule has 0 saturated carbocycles. The third-order valence-electron chi connectivity index (χ3n) is 3.52. The van der Waals surface area contributed by atoms with Crippen LogP contribution >= 0.6 is 0 Å². The lowest BCUT2D eigenvalue weighted by Crippen LogP contribution is -2.18. The van der Waals surface area contributed by atoms with Gasteiger partial charge in [0.1, 0.15) is 0 Å². The summed E-state index contributed by atoms with van der Waals surface area (Å²) in [5.41, 5.74) is 3.04. The maximum atomic E-state index is 13.4. The van der Waals surface area contributed by atoms with Crippen molar-refractivity contribution in [2.24, 2.45) is 5.92 Å². The summed E-state index contributed by atoms with van der Waals surface area (Å²) in [6.07, 6.45) is 1.04. The highest BCUT2D eigenvalue weighted by Gasteiger charge is 2.14. The Morgan fingerprint density at radius 1 is 0.905 bits per heavy atom. The van der Waals surface area contributed by atoms with Crippen LogP contribution in [0.1, 0.15) is 36.6 Å². The molecule has 112 valence electrons. The zero-order valence-electron chi connectivity index (χ0n) is 12.7. The van der Waals surface area contributed by atoms with E-state index in [0.717, 1.165) is 12.0 Å². The van der Waals surface area contributed by atoms with E-state index >= 15 is 0 Å². The molecule has 1 unspecified atom stereocenters. The van der Waals surface area contributed by atoms with E-state index in [1.807, 2.05) is 19.2 Å². The highest BCUT2D eigenvalue weighted by Crippen LogP contribution is 2.24. The molecule has 1 nitrogen and oxygen atoms in total. The fraction of sp³-hybridized carbons (Fsp3) is 0.333. The van der Waals surface area contributed by atoms with Crippen LogP contribution in [0, 0.1) is 17.6 Å². The summed E-state index contributed by atoms with van der Waals surface area (Å²) in [6, 6.07) is 12.2. The molecule has 1 N–H and O–H groups in total. The van der Waals surface area contributed by atoms with Crippen LogP contribution in [0.25, 0.3) is 0 Å². The molecule has 1 atom stereocenters. The minimum atomic E-state index is -0.819. The van der Waals surface area contributed by atoms with Crippen LogP contribution in [0.15, 0.2) is 42.5 Å². The van der Waals surface area contributed by atoms with E-state index in [1.165, 1.54) is 17.7 Å². The molecule has 0 radical (unpaired) electrons. The molecule has 2 aromatic rings. The van der Waals surface area contributed by atoms with E-state index < -0.39 is 11.6 Å². The van der Waals surface area contributed by atoms with Crippen molar-refractivity contribution in [3.63, 3.8) is 0 Å². The first-order valence-electron chi connectivity index (χ1n) is 7.22. The lowest BCUT2D eigenvalue weighted by atomic mass is 9.95. The van der Waals surface area contributed by atoms with Gasteiger partial charge in [-0.2, -0.15) is 0 Å². The Hall–Kier alpha value is -1.74. The normalized spacial score (nSPS) is 12.7. The Labute approximate surface area is 125 Å². The fourth-order valence-corrected chi connectivity index (χ4v) is 2.54. The van der Waals surface area contributed by atoms with Crippen molar-refractivity contribution in [2.75, 3.05) is 7.05 Å². The summed E-state index contributed by atoms with van der Waals surface area (Å²) in [5.74, 6) is -1.02. The molecular weight excluding hydrogens is 268 g/mol. The molecule has 0 bridgehead atoms. The third kappa shape index (κ3) is 3.88. The van der Waals surface area contributed by atoms with Gasteiger partial charge < -0.3 is 5.32 Å². The molecule has 0 aromatic heterocycles. The molecule has 0 heterocycles. The Kier molecular flexibility index (Phi) is 5.07. The molecule has 0 aliphatic rings. The van der Waals surface area contributed by atoms with Crippen molar-refractivity contribution < 1.29 is 8.78 Å². The standard InChI is InChI=1S/C18H21F2N/c1-12(2)10-13-4-6-14(7-5-13)18(21-3)15-8-9-16(19)17(20)11-15/h4-9,11-12,18,21H,10H2,1-3H3. The van der Waals surface area contributed by atoms with Crippen molar-refractivity contribution in [3.8, 4) is 0 Å². The van der Waals surface area contributed by atoms with Crippen LogP contribution in [0.2, 0.25) is 0 Å². The van der Waals surface area contributed by atoms with E-state index in [4.69, 9.17) is 0 Å². The van der Waals surface area contributed by atoms with Crippen LogP contribution in [0.4, 0.5) is 8.78 Å². The predicted octanol–water partition coefficient (Wildman–Crippen LogP) is 4.47. The summed E-state index contributed by atoms with van der Waals surface area (Å²) < 4.78 is 26.4. The molecule has 0 fully saturated rings. The zero-order chi connectivity index (χ0) is 15.4. The number of halogens is 2. The highest BCUT2D eigenvalue weighted by atomic mass is 19.2. The van der Waals surface area contributed by atoms with Gasteiger partial charge in [0.15, 0.2) is 11.6 Å². The van der Waals surface area contributed by atoms with Crippen molar-refractivity contribution >= 4 is 0 Å². The molecule has 2 aromatic carbocycles. The zero-order valence-corrected chi connectivity index (χ0v) is 12.7. The molecule has 0 spiro atoms. The quantitative estimate of drug-likeness (QED) is 0.856. The Balaban J connectivity index is 2.26. The summed E-state index contributed by atoms with van der Waals surface area (Å²) in [4.78, 5) is 0. The van der Waals surface area contributed by atoms with Gasteiger partial charge in [0, 0.05) is 0 Å². The average molecular weight is 289 g/mol. The van der Waals surface area contributed by atoms with Crippen LogP contribution in [-0.2, 0) is 6.42 Å². The monoisotopic (exact) mass is 289 g/mol. The minimum absolute atomic E-state index is 0.145. The summed E-state index contributed by atoms with van der Waals surface area (Å²) in [6.45, 7) is 4.37. The second kappa shape index (κ2) is 6.81. The maximum absolute atomic E-state index is 13.4. The predicted molar refractivity (Wildman–Crippen MR) is 82.2 cm³/mol. The van der Waals surface area contributed by atoms with Crippen molar-refractivity contribution in [3.05, 3.63) is 70.8 Å². The van der Waals surface area contributed by atoms with Gasteiger partial charge in [0.25, 0.3) is 0 Å². The Bertz CT molecular complexity index is 591. The number of rotatable bonds is 5.